The Kier molecular flexibility index (Phi) is 6.12. The predicted octanol–water partition coefficient (Wildman–Crippen LogP) is 4.64. The van der Waals surface area contributed by atoms with Crippen molar-refractivity contribution in [1.82, 2.24) is 9.88 Å². The number of anilines is 1. The first kappa shape index (κ1) is 18.7. The van der Waals surface area contributed by atoms with Crippen LogP contribution in [0.4, 0.5) is 5.69 Å². The number of carbonyl (C=O) groups excluding carboxylic acids is 1. The summed E-state index contributed by atoms with van der Waals surface area (Å²) in [5, 5.41) is 4.93. The van der Waals surface area contributed by atoms with Gasteiger partial charge in [0.05, 0.1) is 5.52 Å². The van der Waals surface area contributed by atoms with Crippen molar-refractivity contribution < 1.29 is 4.79 Å². The van der Waals surface area contributed by atoms with Crippen molar-refractivity contribution in [3.05, 3.63) is 36.0 Å². The topological polar surface area (TPSA) is 45.2 Å². The van der Waals surface area contributed by atoms with Crippen LogP contribution < -0.4 is 5.32 Å². The quantitative estimate of drug-likeness (QED) is 0.823. The van der Waals surface area contributed by atoms with Gasteiger partial charge in [0, 0.05) is 42.3 Å². The van der Waals surface area contributed by atoms with Crippen LogP contribution >= 0.6 is 0 Å². The monoisotopic (exact) mass is 353 g/mol. The van der Waals surface area contributed by atoms with Crippen molar-refractivity contribution in [2.24, 2.45) is 5.92 Å². The molecule has 3 rings (SSSR count). The molecule has 0 radical (unpaired) electrons. The van der Waals surface area contributed by atoms with Crippen molar-refractivity contribution in [3.8, 4) is 0 Å². The van der Waals surface area contributed by atoms with Crippen molar-refractivity contribution in [3.63, 3.8) is 0 Å². The van der Waals surface area contributed by atoms with Gasteiger partial charge in [-0.3, -0.25) is 9.78 Å². The number of amides is 1. The van der Waals surface area contributed by atoms with Crippen molar-refractivity contribution >= 4 is 22.5 Å². The van der Waals surface area contributed by atoms with Crippen LogP contribution in [-0.2, 0) is 11.2 Å². The fourth-order valence-corrected chi connectivity index (χ4v) is 3.71. The van der Waals surface area contributed by atoms with Crippen molar-refractivity contribution in [2.75, 3.05) is 18.4 Å². The van der Waals surface area contributed by atoms with E-state index in [4.69, 9.17) is 4.98 Å². The maximum atomic E-state index is 12.3. The lowest BCUT2D eigenvalue weighted by Gasteiger charge is -2.33. The average Bonchev–Trinajstić information content (AvgIpc) is 2.62. The molecule has 1 amide bonds. The third-order valence-electron chi connectivity index (χ3n) is 5.07. The molecule has 26 heavy (non-hydrogen) atoms. The van der Waals surface area contributed by atoms with Gasteiger partial charge in [0.25, 0.3) is 0 Å². The van der Waals surface area contributed by atoms with E-state index >= 15 is 0 Å². The molecule has 1 aliphatic rings. The van der Waals surface area contributed by atoms with Crippen LogP contribution in [0.1, 0.15) is 52.1 Å². The van der Waals surface area contributed by atoms with Gasteiger partial charge in [0.2, 0.25) is 5.91 Å². The van der Waals surface area contributed by atoms with Crippen LogP contribution in [-0.4, -0.2) is 34.9 Å². The molecule has 0 atom stereocenters. The molecular weight excluding hydrogens is 322 g/mol. The van der Waals surface area contributed by atoms with Crippen LogP contribution in [0.15, 0.2) is 30.3 Å². The van der Waals surface area contributed by atoms with E-state index in [0.717, 1.165) is 50.0 Å². The first-order valence-electron chi connectivity index (χ1n) is 9.99. The number of fused-ring (bicyclic) bond motifs is 1. The number of benzene rings is 1. The molecule has 0 bridgehead atoms. The van der Waals surface area contributed by atoms with E-state index in [1.165, 1.54) is 11.1 Å². The highest BCUT2D eigenvalue weighted by Crippen LogP contribution is 2.26. The minimum Gasteiger partial charge on any atom is -0.382 e. The van der Waals surface area contributed by atoms with Gasteiger partial charge in [-0.05, 0) is 37.3 Å². The lowest BCUT2D eigenvalue weighted by molar-refractivity contribution is -0.132. The molecule has 0 spiro atoms. The maximum absolute atomic E-state index is 12.3. The lowest BCUT2D eigenvalue weighted by Crippen LogP contribution is -2.42. The molecule has 1 fully saturated rings. The number of rotatable bonds is 6. The molecule has 1 aromatic heterocycles. The van der Waals surface area contributed by atoms with Gasteiger partial charge in [-0.1, -0.05) is 45.4 Å². The zero-order valence-electron chi connectivity index (χ0n) is 16.3. The highest BCUT2D eigenvalue weighted by molar-refractivity contribution is 5.91. The highest BCUT2D eigenvalue weighted by Gasteiger charge is 2.23. The van der Waals surface area contributed by atoms with Crippen LogP contribution in [0.3, 0.4) is 0 Å². The second-order valence-corrected chi connectivity index (χ2v) is 7.83. The molecule has 140 valence electrons. The Hall–Kier alpha value is -2.10. The molecule has 1 saturated heterocycles. The largest absolute Gasteiger partial charge is 0.382 e. The molecule has 0 unspecified atom stereocenters. The summed E-state index contributed by atoms with van der Waals surface area (Å²) in [5.74, 6) is 0.733. The number of hydrogen-bond donors (Lipinski definition) is 1. The fourth-order valence-electron chi connectivity index (χ4n) is 3.71. The predicted molar refractivity (Wildman–Crippen MR) is 108 cm³/mol. The normalized spacial score (nSPS) is 15.6. The fraction of sp³-hybridized carbons (Fsp3) is 0.545. The Bertz CT molecular complexity index is 748. The van der Waals surface area contributed by atoms with Gasteiger partial charge in [-0.2, -0.15) is 0 Å². The minimum atomic E-state index is 0.304. The molecule has 2 aromatic rings. The Labute approximate surface area is 157 Å². The smallest absolute Gasteiger partial charge is 0.222 e. The molecule has 0 saturated carbocycles. The molecule has 1 aromatic carbocycles. The number of pyridine rings is 1. The first-order chi connectivity index (χ1) is 12.6. The Morgan fingerprint density at radius 2 is 2.00 bits per heavy atom. The average molecular weight is 354 g/mol. The van der Waals surface area contributed by atoms with E-state index in [0.29, 0.717) is 24.3 Å². The number of aryl methyl sites for hydroxylation is 1. The molecule has 4 nitrogen and oxygen atoms in total. The van der Waals surface area contributed by atoms with Gasteiger partial charge < -0.3 is 10.2 Å². The lowest BCUT2D eigenvalue weighted by atomic mass is 10.0. The zero-order valence-corrected chi connectivity index (χ0v) is 16.3. The number of carbonyl (C=O) groups is 1. The number of aromatic nitrogens is 1. The number of likely N-dealkylation sites (tertiary alicyclic amines) is 1. The van der Waals surface area contributed by atoms with Gasteiger partial charge >= 0.3 is 0 Å². The summed E-state index contributed by atoms with van der Waals surface area (Å²) in [6.07, 6.45) is 4.77. The van der Waals surface area contributed by atoms with Gasteiger partial charge in [-0.15, -0.1) is 0 Å². The van der Waals surface area contributed by atoms with Gasteiger partial charge in [0.15, 0.2) is 0 Å². The molecular formula is C22H31N3O. The summed E-state index contributed by atoms with van der Waals surface area (Å²) in [6, 6.07) is 11.0. The van der Waals surface area contributed by atoms with Gasteiger partial charge in [0.1, 0.15) is 0 Å². The molecule has 1 aliphatic heterocycles. The third kappa shape index (κ3) is 4.54. The molecule has 4 heteroatoms. The van der Waals surface area contributed by atoms with Gasteiger partial charge in [-0.25, -0.2) is 0 Å². The van der Waals surface area contributed by atoms with Crippen molar-refractivity contribution in [2.45, 2.75) is 58.9 Å². The molecule has 0 aliphatic carbocycles. The van der Waals surface area contributed by atoms with Crippen LogP contribution in [0.25, 0.3) is 10.9 Å². The summed E-state index contributed by atoms with van der Waals surface area (Å²) in [4.78, 5) is 19.1. The van der Waals surface area contributed by atoms with Crippen molar-refractivity contribution in [1.29, 1.82) is 0 Å². The molecule has 1 N–H and O–H groups in total. The third-order valence-corrected chi connectivity index (χ3v) is 5.07. The molecule has 2 heterocycles. The first-order valence-corrected chi connectivity index (χ1v) is 9.99. The van der Waals surface area contributed by atoms with Crippen LogP contribution in [0.2, 0.25) is 0 Å². The maximum Gasteiger partial charge on any atom is 0.222 e. The van der Waals surface area contributed by atoms with E-state index < -0.39 is 0 Å². The van der Waals surface area contributed by atoms with Crippen LogP contribution in [0, 0.1) is 5.92 Å². The summed E-state index contributed by atoms with van der Waals surface area (Å²) >= 11 is 0. The summed E-state index contributed by atoms with van der Waals surface area (Å²) < 4.78 is 0. The summed E-state index contributed by atoms with van der Waals surface area (Å²) in [7, 11) is 0. The minimum absolute atomic E-state index is 0.304. The Morgan fingerprint density at radius 3 is 2.69 bits per heavy atom. The number of para-hydroxylation sites is 1. The second kappa shape index (κ2) is 8.52. The van der Waals surface area contributed by atoms with E-state index in [-0.39, 0.29) is 0 Å². The number of piperidine rings is 1. The standard InChI is InChI=1S/C22H31N3O/c1-4-7-18-15-21(19-8-5-6-9-20(19)24-18)23-17-10-12-25(13-11-17)22(26)14-16(2)3/h5-6,8-9,15-17H,4,7,10-14H2,1-3H3,(H,23,24). The SMILES string of the molecule is CCCc1cc(NC2CCN(C(=O)CC(C)C)CC2)c2ccccc2n1. The number of nitrogens with one attached hydrogen (secondary N) is 1. The highest BCUT2D eigenvalue weighted by atomic mass is 16.2. The Morgan fingerprint density at radius 1 is 1.27 bits per heavy atom. The number of nitrogens with zero attached hydrogens (tertiary/aromatic N) is 2. The van der Waals surface area contributed by atoms with E-state index in [9.17, 15) is 4.79 Å². The summed E-state index contributed by atoms with van der Waals surface area (Å²) in [5.41, 5.74) is 3.40. The van der Waals surface area contributed by atoms with E-state index in [2.05, 4.69) is 50.4 Å². The van der Waals surface area contributed by atoms with E-state index in [1.807, 2.05) is 11.0 Å². The summed E-state index contributed by atoms with van der Waals surface area (Å²) in [6.45, 7) is 8.11. The number of hydrogen-bond acceptors (Lipinski definition) is 3. The second-order valence-electron chi connectivity index (χ2n) is 7.83. The Balaban J connectivity index is 1.69. The van der Waals surface area contributed by atoms with Crippen LogP contribution in [0.5, 0.6) is 0 Å². The zero-order chi connectivity index (χ0) is 18.5. The van der Waals surface area contributed by atoms with E-state index in [1.54, 1.807) is 0 Å².